The molecule has 7 heteroatoms. The molecule has 0 bridgehead atoms. The number of nitrogens with one attached hydrogen (secondary N) is 2. The minimum absolute atomic E-state index is 0.600. The fourth-order valence-corrected chi connectivity index (χ4v) is 3.67. The second-order valence-electron chi connectivity index (χ2n) is 4.05. The van der Waals surface area contributed by atoms with Gasteiger partial charge in [0.25, 0.3) is 0 Å². The van der Waals surface area contributed by atoms with Gasteiger partial charge >= 0.3 is 0 Å². The smallest absolute Gasteiger partial charge is 0.225 e. The number of benzene rings is 1. The number of para-hydroxylation sites is 1. The number of thiophene rings is 1. The molecule has 102 valence electrons. The Morgan fingerprint density at radius 2 is 2.05 bits per heavy atom. The van der Waals surface area contributed by atoms with Crippen molar-refractivity contribution in [2.45, 2.75) is 0 Å². The third kappa shape index (κ3) is 2.45. The lowest BCUT2D eigenvalue weighted by atomic mass is 10.3. The lowest BCUT2D eigenvalue weighted by Gasteiger charge is -1.96. The summed E-state index contributed by atoms with van der Waals surface area (Å²) in [6, 6.07) is 12.0. The van der Waals surface area contributed by atoms with Crippen molar-refractivity contribution >= 4 is 49.3 Å². The number of carbonyl (C=O) groups is 1. The van der Waals surface area contributed by atoms with Gasteiger partial charge in [-0.1, -0.05) is 34.8 Å². The van der Waals surface area contributed by atoms with Gasteiger partial charge in [-0.05, 0) is 24.3 Å². The van der Waals surface area contributed by atoms with Crippen LogP contribution >= 0.6 is 22.7 Å². The first-order valence-electron chi connectivity index (χ1n) is 5.92. The molecule has 2 N–H and O–H groups in total. The van der Waals surface area contributed by atoms with E-state index >= 15 is 0 Å². The van der Waals surface area contributed by atoms with Crippen molar-refractivity contribution < 1.29 is 4.79 Å². The van der Waals surface area contributed by atoms with Gasteiger partial charge in [0.2, 0.25) is 6.41 Å². The maximum atomic E-state index is 10.2. The quantitative estimate of drug-likeness (QED) is 0.575. The van der Waals surface area contributed by atoms with Crippen molar-refractivity contribution in [3.63, 3.8) is 0 Å². The van der Waals surface area contributed by atoms with Crippen LogP contribution in [0.4, 0.5) is 10.0 Å². The fraction of sp³-hybridized carbons (Fsp3) is 0.0769. The Morgan fingerprint density at radius 3 is 2.85 bits per heavy atom. The van der Waals surface area contributed by atoms with Crippen LogP contribution in [0.1, 0.15) is 0 Å². The van der Waals surface area contributed by atoms with Gasteiger partial charge in [0, 0.05) is 7.05 Å². The van der Waals surface area contributed by atoms with Gasteiger partial charge in [-0.3, -0.25) is 15.6 Å². The van der Waals surface area contributed by atoms with E-state index in [-0.39, 0.29) is 0 Å². The van der Waals surface area contributed by atoms with E-state index in [2.05, 4.69) is 32.5 Å². The fourth-order valence-electron chi connectivity index (χ4n) is 1.84. The molecule has 0 aliphatic carbocycles. The van der Waals surface area contributed by atoms with Gasteiger partial charge in [0.05, 0.1) is 10.2 Å². The van der Waals surface area contributed by atoms with Gasteiger partial charge in [0.15, 0.2) is 4.80 Å². The van der Waals surface area contributed by atoms with Crippen molar-refractivity contribution in [2.24, 2.45) is 12.0 Å². The zero-order valence-corrected chi connectivity index (χ0v) is 12.3. The van der Waals surface area contributed by atoms with Crippen LogP contribution in [0.3, 0.4) is 0 Å². The molecule has 0 aliphatic heterocycles. The molecule has 20 heavy (non-hydrogen) atoms. The van der Waals surface area contributed by atoms with Gasteiger partial charge in [-0.25, -0.2) is 4.99 Å². The maximum Gasteiger partial charge on any atom is 0.225 e. The lowest BCUT2D eigenvalue weighted by molar-refractivity contribution is -0.109. The van der Waals surface area contributed by atoms with Crippen molar-refractivity contribution in [2.75, 3.05) is 5.43 Å². The van der Waals surface area contributed by atoms with Crippen LogP contribution in [0.25, 0.3) is 10.2 Å². The first-order valence-corrected chi connectivity index (χ1v) is 7.55. The molecule has 0 spiro atoms. The van der Waals surface area contributed by atoms with Crippen LogP contribution in [0.15, 0.2) is 41.4 Å². The minimum atomic E-state index is 0.600. The first-order chi connectivity index (χ1) is 9.78. The molecule has 0 fully saturated rings. The van der Waals surface area contributed by atoms with Crippen LogP contribution in [0.5, 0.6) is 0 Å². The molecule has 0 atom stereocenters. The van der Waals surface area contributed by atoms with E-state index in [1.165, 1.54) is 21.6 Å². The van der Waals surface area contributed by atoms with Crippen LogP contribution < -0.4 is 15.7 Å². The molecular weight excluding hydrogens is 292 g/mol. The Morgan fingerprint density at radius 1 is 1.20 bits per heavy atom. The van der Waals surface area contributed by atoms with Crippen molar-refractivity contribution in [1.29, 1.82) is 0 Å². The number of nitrogens with zero attached hydrogens (tertiary/aromatic N) is 2. The molecule has 0 saturated carbocycles. The molecular formula is C13H12N4OS2. The van der Waals surface area contributed by atoms with Crippen LogP contribution in [0.2, 0.25) is 0 Å². The molecule has 5 nitrogen and oxygen atoms in total. The highest BCUT2D eigenvalue weighted by Gasteiger charge is 2.03. The number of rotatable bonds is 4. The highest BCUT2D eigenvalue weighted by Crippen LogP contribution is 2.28. The molecule has 3 aromatic rings. The Balaban J connectivity index is 1.99. The molecule has 3 rings (SSSR count). The molecule has 2 aromatic heterocycles. The summed E-state index contributed by atoms with van der Waals surface area (Å²) in [7, 11) is 2.01. The van der Waals surface area contributed by atoms with E-state index in [0.717, 1.165) is 14.8 Å². The summed E-state index contributed by atoms with van der Waals surface area (Å²) in [5.74, 6) is 0. The number of hydrazine groups is 1. The number of aromatic nitrogens is 1. The zero-order valence-electron chi connectivity index (χ0n) is 10.7. The number of anilines is 1. The van der Waals surface area contributed by atoms with Crippen molar-refractivity contribution in [3.8, 4) is 0 Å². The van der Waals surface area contributed by atoms with Gasteiger partial charge in [-0.15, -0.1) is 0 Å². The van der Waals surface area contributed by atoms with Crippen molar-refractivity contribution in [1.82, 2.24) is 9.99 Å². The summed E-state index contributed by atoms with van der Waals surface area (Å²) in [4.78, 5) is 15.8. The average Bonchev–Trinajstić information content (AvgIpc) is 3.03. The predicted molar refractivity (Wildman–Crippen MR) is 83.2 cm³/mol. The number of fused-ring (bicyclic) bond motifs is 1. The molecule has 0 aliphatic rings. The standard InChI is InChI=1S/C13H12N4OS2/c1-17-9-4-2-3-5-10(9)19-13(17)15-11-6-7-12(20-11)16-14-8-18/h2-8,16H,1H3,(H,14,18)/b15-13+. The normalized spacial score (nSPS) is 11.8. The molecule has 0 saturated heterocycles. The average molecular weight is 304 g/mol. The summed E-state index contributed by atoms with van der Waals surface area (Å²) in [5, 5.41) is 1.74. The van der Waals surface area contributed by atoms with E-state index in [0.29, 0.717) is 6.41 Å². The van der Waals surface area contributed by atoms with Gasteiger partial charge < -0.3 is 4.57 Å². The first kappa shape index (κ1) is 12.9. The van der Waals surface area contributed by atoms with Gasteiger partial charge in [-0.2, -0.15) is 0 Å². The largest absolute Gasteiger partial charge is 0.319 e. The molecule has 0 unspecified atom stereocenters. The number of hydrogen-bond donors (Lipinski definition) is 2. The van der Waals surface area contributed by atoms with E-state index in [1.807, 2.05) is 31.3 Å². The van der Waals surface area contributed by atoms with Crippen LogP contribution in [0, 0.1) is 0 Å². The minimum Gasteiger partial charge on any atom is -0.319 e. The highest BCUT2D eigenvalue weighted by atomic mass is 32.1. The topological polar surface area (TPSA) is 58.4 Å². The van der Waals surface area contributed by atoms with Gasteiger partial charge in [0.1, 0.15) is 10.0 Å². The second-order valence-corrected chi connectivity index (χ2v) is 6.12. The Labute approximate surface area is 123 Å². The monoisotopic (exact) mass is 304 g/mol. The molecule has 2 heterocycles. The maximum absolute atomic E-state index is 10.2. The molecule has 1 amide bonds. The summed E-state index contributed by atoms with van der Waals surface area (Å²) in [6.07, 6.45) is 0.600. The van der Waals surface area contributed by atoms with Crippen molar-refractivity contribution in [3.05, 3.63) is 41.2 Å². The summed E-state index contributed by atoms with van der Waals surface area (Å²) in [6.45, 7) is 0. The third-order valence-corrected chi connectivity index (χ3v) is 4.77. The second kappa shape index (κ2) is 5.48. The molecule has 0 radical (unpaired) electrons. The van der Waals surface area contributed by atoms with E-state index in [4.69, 9.17) is 0 Å². The van der Waals surface area contributed by atoms with Crippen LogP contribution in [-0.4, -0.2) is 11.0 Å². The Hall–Kier alpha value is -2.12. The number of amides is 1. The summed E-state index contributed by atoms with van der Waals surface area (Å²) < 4.78 is 3.29. The Kier molecular flexibility index (Phi) is 3.53. The number of hydrogen-bond acceptors (Lipinski definition) is 5. The van der Waals surface area contributed by atoms with E-state index in [9.17, 15) is 4.79 Å². The highest BCUT2D eigenvalue weighted by molar-refractivity contribution is 7.20. The zero-order chi connectivity index (χ0) is 13.9. The predicted octanol–water partition coefficient (Wildman–Crippen LogP) is 2.61. The number of aryl methyl sites for hydroxylation is 1. The van der Waals surface area contributed by atoms with E-state index < -0.39 is 0 Å². The SMILES string of the molecule is Cn1/c(=N\c2ccc(NNC=O)s2)sc2ccccc21. The Bertz CT molecular complexity index is 815. The summed E-state index contributed by atoms with van der Waals surface area (Å²) >= 11 is 3.14. The number of carbonyl (C=O) groups excluding carboxylic acids is 1. The lowest BCUT2D eigenvalue weighted by Crippen LogP contribution is -2.17. The van der Waals surface area contributed by atoms with E-state index in [1.54, 1.807) is 11.3 Å². The third-order valence-electron chi connectivity index (χ3n) is 2.77. The van der Waals surface area contributed by atoms with Crippen LogP contribution in [-0.2, 0) is 11.8 Å². The summed E-state index contributed by atoms with van der Waals surface area (Å²) in [5.41, 5.74) is 6.36. The number of thiazole rings is 1. The molecule has 1 aromatic carbocycles.